The molecule has 0 saturated heterocycles. The minimum atomic E-state index is 0.763. The van der Waals surface area contributed by atoms with E-state index in [0.717, 1.165) is 30.7 Å². The Morgan fingerprint density at radius 3 is 2.70 bits per heavy atom. The van der Waals surface area contributed by atoms with Crippen LogP contribution in [0.2, 0.25) is 0 Å². The van der Waals surface area contributed by atoms with Gasteiger partial charge < -0.3 is 5.32 Å². The molecule has 0 radical (unpaired) electrons. The second-order valence-electron chi connectivity index (χ2n) is 6.36. The molecule has 1 N–H and O–H groups in total. The van der Waals surface area contributed by atoms with Crippen molar-refractivity contribution in [3.05, 3.63) is 35.4 Å². The molecule has 1 fully saturated rings. The van der Waals surface area contributed by atoms with Crippen LogP contribution in [0.3, 0.4) is 0 Å². The van der Waals surface area contributed by atoms with E-state index in [2.05, 4.69) is 50.4 Å². The molecule has 0 bridgehead atoms. The van der Waals surface area contributed by atoms with Gasteiger partial charge in [0.15, 0.2) is 0 Å². The Labute approximate surface area is 125 Å². The number of aryl methyl sites for hydroxylation is 1. The summed E-state index contributed by atoms with van der Waals surface area (Å²) < 4.78 is 0. The van der Waals surface area contributed by atoms with E-state index in [0.29, 0.717) is 0 Å². The van der Waals surface area contributed by atoms with E-state index >= 15 is 0 Å². The van der Waals surface area contributed by atoms with Gasteiger partial charge in [-0.1, -0.05) is 57.9 Å². The summed E-state index contributed by atoms with van der Waals surface area (Å²) in [4.78, 5) is 0. The molecule has 1 heteroatoms. The maximum Gasteiger partial charge on any atom is -0.00148 e. The standard InChI is InChI=1S/C19H31N/c1-4-15-8-7-9-17(12-15)19-13-16(5-2)10-11-18(19)14-20-6-3/h7-9,12,16,18-20H,4-6,10-11,13-14H2,1-3H3. The van der Waals surface area contributed by atoms with Crippen LogP contribution in [-0.2, 0) is 6.42 Å². The van der Waals surface area contributed by atoms with E-state index < -0.39 is 0 Å². The minimum Gasteiger partial charge on any atom is -0.317 e. The highest BCUT2D eigenvalue weighted by Gasteiger charge is 2.30. The molecule has 3 atom stereocenters. The van der Waals surface area contributed by atoms with Crippen molar-refractivity contribution in [2.45, 2.75) is 58.8 Å². The summed E-state index contributed by atoms with van der Waals surface area (Å²) >= 11 is 0. The van der Waals surface area contributed by atoms with Gasteiger partial charge in [0.05, 0.1) is 0 Å². The fourth-order valence-corrected chi connectivity index (χ4v) is 3.72. The number of hydrogen-bond acceptors (Lipinski definition) is 1. The van der Waals surface area contributed by atoms with Crippen molar-refractivity contribution in [2.75, 3.05) is 13.1 Å². The van der Waals surface area contributed by atoms with Gasteiger partial charge in [0.25, 0.3) is 0 Å². The smallest absolute Gasteiger partial charge is 0.00148 e. The third-order valence-electron chi connectivity index (χ3n) is 5.12. The van der Waals surface area contributed by atoms with Crippen molar-refractivity contribution in [1.82, 2.24) is 5.32 Å². The van der Waals surface area contributed by atoms with Crippen LogP contribution in [0.25, 0.3) is 0 Å². The average Bonchev–Trinajstić information content (AvgIpc) is 2.52. The number of nitrogens with one attached hydrogen (secondary N) is 1. The largest absolute Gasteiger partial charge is 0.317 e. The zero-order chi connectivity index (χ0) is 14.4. The number of rotatable bonds is 6. The lowest BCUT2D eigenvalue weighted by atomic mass is 9.70. The van der Waals surface area contributed by atoms with Crippen LogP contribution in [-0.4, -0.2) is 13.1 Å². The summed E-state index contributed by atoms with van der Waals surface area (Å²) in [6.07, 6.45) is 6.70. The van der Waals surface area contributed by atoms with E-state index in [1.165, 1.54) is 37.8 Å². The first-order valence-corrected chi connectivity index (χ1v) is 8.57. The van der Waals surface area contributed by atoms with Gasteiger partial charge in [-0.2, -0.15) is 0 Å². The van der Waals surface area contributed by atoms with Gasteiger partial charge in [0.2, 0.25) is 0 Å². The van der Waals surface area contributed by atoms with Crippen molar-refractivity contribution in [1.29, 1.82) is 0 Å². The second-order valence-corrected chi connectivity index (χ2v) is 6.36. The molecular weight excluding hydrogens is 242 g/mol. The Balaban J connectivity index is 2.16. The zero-order valence-corrected chi connectivity index (χ0v) is 13.5. The first-order valence-electron chi connectivity index (χ1n) is 8.57. The van der Waals surface area contributed by atoms with Crippen LogP contribution < -0.4 is 5.32 Å². The fourth-order valence-electron chi connectivity index (χ4n) is 3.72. The van der Waals surface area contributed by atoms with Crippen LogP contribution in [0, 0.1) is 11.8 Å². The molecule has 3 unspecified atom stereocenters. The van der Waals surface area contributed by atoms with E-state index in [9.17, 15) is 0 Å². The predicted octanol–water partition coefficient (Wildman–Crippen LogP) is 4.77. The third-order valence-corrected chi connectivity index (χ3v) is 5.12. The molecule has 0 spiro atoms. The lowest BCUT2D eigenvalue weighted by Crippen LogP contribution is -2.32. The molecule has 1 aromatic carbocycles. The molecular formula is C19H31N. The lowest BCUT2D eigenvalue weighted by Gasteiger charge is -2.36. The first kappa shape index (κ1) is 15.6. The van der Waals surface area contributed by atoms with Gasteiger partial charge in [-0.15, -0.1) is 0 Å². The highest BCUT2D eigenvalue weighted by molar-refractivity contribution is 5.27. The molecule has 1 nitrogen and oxygen atoms in total. The monoisotopic (exact) mass is 273 g/mol. The van der Waals surface area contributed by atoms with Crippen LogP contribution in [0.5, 0.6) is 0 Å². The Morgan fingerprint density at radius 2 is 2.00 bits per heavy atom. The second kappa shape index (κ2) is 7.83. The zero-order valence-electron chi connectivity index (χ0n) is 13.5. The van der Waals surface area contributed by atoms with Crippen molar-refractivity contribution in [2.24, 2.45) is 11.8 Å². The summed E-state index contributed by atoms with van der Waals surface area (Å²) in [5.74, 6) is 2.52. The summed E-state index contributed by atoms with van der Waals surface area (Å²) in [5.41, 5.74) is 3.08. The highest BCUT2D eigenvalue weighted by Crippen LogP contribution is 2.41. The van der Waals surface area contributed by atoms with Crippen LogP contribution in [0.15, 0.2) is 24.3 Å². The molecule has 112 valence electrons. The van der Waals surface area contributed by atoms with Crippen LogP contribution >= 0.6 is 0 Å². The van der Waals surface area contributed by atoms with Gasteiger partial charge in [-0.25, -0.2) is 0 Å². The molecule has 1 aromatic rings. The van der Waals surface area contributed by atoms with Crippen molar-refractivity contribution in [3.8, 4) is 0 Å². The summed E-state index contributed by atoms with van der Waals surface area (Å²) in [6.45, 7) is 9.10. The summed E-state index contributed by atoms with van der Waals surface area (Å²) in [6, 6.07) is 9.35. The quantitative estimate of drug-likeness (QED) is 0.787. The Bertz CT molecular complexity index is 399. The maximum absolute atomic E-state index is 3.58. The highest BCUT2D eigenvalue weighted by atomic mass is 14.8. The van der Waals surface area contributed by atoms with Crippen LogP contribution in [0.4, 0.5) is 0 Å². The van der Waals surface area contributed by atoms with Gasteiger partial charge in [0, 0.05) is 0 Å². The van der Waals surface area contributed by atoms with Crippen molar-refractivity contribution in [3.63, 3.8) is 0 Å². The molecule has 1 aliphatic carbocycles. The first-order chi connectivity index (χ1) is 9.78. The van der Waals surface area contributed by atoms with E-state index in [1.54, 1.807) is 5.56 Å². The Morgan fingerprint density at radius 1 is 1.15 bits per heavy atom. The van der Waals surface area contributed by atoms with Crippen molar-refractivity contribution < 1.29 is 0 Å². The average molecular weight is 273 g/mol. The third kappa shape index (κ3) is 3.85. The number of hydrogen-bond donors (Lipinski definition) is 1. The minimum absolute atomic E-state index is 0.763. The van der Waals surface area contributed by atoms with E-state index in [1.807, 2.05) is 0 Å². The summed E-state index contributed by atoms with van der Waals surface area (Å²) in [5, 5.41) is 3.58. The normalized spacial score (nSPS) is 26.6. The topological polar surface area (TPSA) is 12.0 Å². The molecule has 0 heterocycles. The van der Waals surface area contributed by atoms with Gasteiger partial charge in [-0.3, -0.25) is 0 Å². The van der Waals surface area contributed by atoms with Gasteiger partial charge in [-0.05, 0) is 61.2 Å². The van der Waals surface area contributed by atoms with Crippen LogP contribution in [0.1, 0.15) is 63.5 Å². The maximum atomic E-state index is 3.58. The molecule has 20 heavy (non-hydrogen) atoms. The molecule has 0 aliphatic heterocycles. The Hall–Kier alpha value is -0.820. The molecule has 1 saturated carbocycles. The number of benzene rings is 1. The molecule has 1 aliphatic rings. The van der Waals surface area contributed by atoms with E-state index in [-0.39, 0.29) is 0 Å². The SMILES string of the molecule is CCNCC1CCC(CC)CC1c1cccc(CC)c1. The Kier molecular flexibility index (Phi) is 6.09. The van der Waals surface area contributed by atoms with Crippen molar-refractivity contribution >= 4 is 0 Å². The summed E-state index contributed by atoms with van der Waals surface area (Å²) in [7, 11) is 0. The fraction of sp³-hybridized carbons (Fsp3) is 0.684. The van der Waals surface area contributed by atoms with E-state index in [4.69, 9.17) is 0 Å². The predicted molar refractivity (Wildman–Crippen MR) is 88.2 cm³/mol. The van der Waals surface area contributed by atoms with Gasteiger partial charge >= 0.3 is 0 Å². The molecule has 0 amide bonds. The molecule has 0 aromatic heterocycles. The van der Waals surface area contributed by atoms with Gasteiger partial charge in [0.1, 0.15) is 0 Å². The molecule has 2 rings (SSSR count). The lowest BCUT2D eigenvalue weighted by molar-refractivity contribution is 0.226.